The van der Waals surface area contributed by atoms with E-state index in [9.17, 15) is 9.59 Å². The van der Waals surface area contributed by atoms with Gasteiger partial charge in [0.1, 0.15) is 0 Å². The molecule has 0 atom stereocenters. The number of rotatable bonds is 3. The molecule has 0 spiro atoms. The Morgan fingerprint density at radius 2 is 1.89 bits per heavy atom. The lowest BCUT2D eigenvalue weighted by Gasteiger charge is -2.01. The van der Waals surface area contributed by atoms with Crippen molar-refractivity contribution in [3.8, 4) is 0 Å². The van der Waals surface area contributed by atoms with Gasteiger partial charge in [0.15, 0.2) is 10.9 Å². The van der Waals surface area contributed by atoms with Crippen LogP contribution in [0.15, 0.2) is 30.5 Å². The molecule has 0 unspecified atom stereocenters. The van der Waals surface area contributed by atoms with Crippen LogP contribution in [0.1, 0.15) is 32.5 Å². The van der Waals surface area contributed by atoms with Crippen molar-refractivity contribution in [2.75, 3.05) is 5.32 Å². The maximum Gasteiger partial charge on any atom is 0.257 e. The van der Waals surface area contributed by atoms with Crippen molar-refractivity contribution in [1.29, 1.82) is 0 Å². The number of hydrogen-bond donors (Lipinski definition) is 1. The second kappa shape index (κ2) is 5.10. The van der Waals surface area contributed by atoms with Gasteiger partial charge in [0.25, 0.3) is 5.91 Å². The summed E-state index contributed by atoms with van der Waals surface area (Å²) in [6.45, 7) is 3.43. The summed E-state index contributed by atoms with van der Waals surface area (Å²) in [4.78, 5) is 27.5. The highest BCUT2D eigenvalue weighted by Crippen LogP contribution is 2.19. The van der Waals surface area contributed by atoms with Crippen LogP contribution in [-0.2, 0) is 0 Å². The minimum Gasteiger partial charge on any atom is -0.298 e. The van der Waals surface area contributed by atoms with Crippen molar-refractivity contribution in [1.82, 2.24) is 4.98 Å². The van der Waals surface area contributed by atoms with Crippen LogP contribution < -0.4 is 5.32 Å². The van der Waals surface area contributed by atoms with Crippen LogP contribution in [0.5, 0.6) is 0 Å². The number of ketones is 1. The Kier molecular flexibility index (Phi) is 3.53. The molecule has 1 aromatic carbocycles. The lowest BCUT2D eigenvalue weighted by molar-refractivity contribution is 0.101. The third-order valence-corrected chi connectivity index (χ3v) is 3.40. The number of aryl methyl sites for hydroxylation is 1. The largest absolute Gasteiger partial charge is 0.298 e. The predicted molar refractivity (Wildman–Crippen MR) is 71.3 cm³/mol. The van der Waals surface area contributed by atoms with E-state index in [2.05, 4.69) is 10.3 Å². The quantitative estimate of drug-likeness (QED) is 0.863. The van der Waals surface area contributed by atoms with E-state index >= 15 is 0 Å². The maximum absolute atomic E-state index is 11.9. The molecule has 2 aromatic rings. The summed E-state index contributed by atoms with van der Waals surface area (Å²) >= 11 is 1.17. The van der Waals surface area contributed by atoms with E-state index < -0.39 is 0 Å². The first kappa shape index (κ1) is 12.4. The zero-order chi connectivity index (χ0) is 13.1. The second-order valence-corrected chi connectivity index (χ2v) is 4.94. The molecule has 0 saturated carbocycles. The molecule has 18 heavy (non-hydrogen) atoms. The molecule has 1 N–H and O–H groups in total. The number of nitrogens with one attached hydrogen (secondary N) is 1. The first-order chi connectivity index (χ1) is 8.56. The fourth-order valence-electron chi connectivity index (χ4n) is 1.37. The molecule has 0 aliphatic rings. The highest BCUT2D eigenvalue weighted by Gasteiger charge is 2.10. The van der Waals surface area contributed by atoms with Gasteiger partial charge < -0.3 is 0 Å². The standard InChI is InChI=1S/C13H12N2O2S/c1-8-3-5-10(6-4-8)12(17)15-13-14-7-11(18-13)9(2)16/h3-7H,1-2H3,(H,14,15,17). The van der Waals surface area contributed by atoms with Crippen LogP contribution in [0.2, 0.25) is 0 Å². The SMILES string of the molecule is CC(=O)c1cnc(NC(=O)c2ccc(C)cc2)s1. The first-order valence-corrected chi connectivity index (χ1v) is 6.22. The van der Waals surface area contributed by atoms with Crippen molar-refractivity contribution >= 4 is 28.2 Å². The van der Waals surface area contributed by atoms with E-state index in [1.54, 1.807) is 12.1 Å². The van der Waals surface area contributed by atoms with Gasteiger partial charge in [-0.15, -0.1) is 0 Å². The zero-order valence-electron chi connectivity index (χ0n) is 10.1. The van der Waals surface area contributed by atoms with E-state index in [0.717, 1.165) is 5.56 Å². The second-order valence-electron chi connectivity index (χ2n) is 3.91. The van der Waals surface area contributed by atoms with Gasteiger partial charge in [-0.1, -0.05) is 29.0 Å². The van der Waals surface area contributed by atoms with Gasteiger partial charge in [0.2, 0.25) is 0 Å². The van der Waals surface area contributed by atoms with E-state index in [4.69, 9.17) is 0 Å². The number of carbonyl (C=O) groups excluding carboxylic acids is 2. The van der Waals surface area contributed by atoms with Gasteiger partial charge in [0, 0.05) is 12.5 Å². The van der Waals surface area contributed by atoms with Crippen LogP contribution in [0, 0.1) is 6.92 Å². The molecule has 1 amide bonds. The molecule has 4 nitrogen and oxygen atoms in total. The average molecular weight is 260 g/mol. The average Bonchev–Trinajstić information content (AvgIpc) is 2.78. The number of Topliss-reactive ketones (excluding diaryl/α,β-unsaturated/α-hetero) is 1. The third-order valence-electron chi connectivity index (χ3n) is 2.39. The normalized spacial score (nSPS) is 10.1. The van der Waals surface area contributed by atoms with Gasteiger partial charge in [-0.3, -0.25) is 14.9 Å². The van der Waals surface area contributed by atoms with E-state index in [0.29, 0.717) is 15.6 Å². The van der Waals surface area contributed by atoms with Crippen LogP contribution in [-0.4, -0.2) is 16.7 Å². The molecule has 0 saturated heterocycles. The number of thiazole rings is 1. The maximum atomic E-state index is 11.9. The molecule has 0 aliphatic carbocycles. The zero-order valence-corrected chi connectivity index (χ0v) is 10.9. The first-order valence-electron chi connectivity index (χ1n) is 5.41. The highest BCUT2D eigenvalue weighted by atomic mass is 32.1. The van der Waals surface area contributed by atoms with Gasteiger partial charge in [0.05, 0.1) is 11.1 Å². The summed E-state index contributed by atoms with van der Waals surface area (Å²) < 4.78 is 0. The molecular formula is C13H12N2O2S. The van der Waals surface area contributed by atoms with Crippen LogP contribution in [0.25, 0.3) is 0 Å². The van der Waals surface area contributed by atoms with Crippen LogP contribution in [0.4, 0.5) is 5.13 Å². The molecule has 5 heteroatoms. The minimum atomic E-state index is -0.223. The minimum absolute atomic E-state index is 0.0525. The fraction of sp³-hybridized carbons (Fsp3) is 0.154. The van der Waals surface area contributed by atoms with Crippen molar-refractivity contribution in [3.05, 3.63) is 46.5 Å². The summed E-state index contributed by atoms with van der Waals surface area (Å²) in [7, 11) is 0. The van der Waals surface area contributed by atoms with Crippen molar-refractivity contribution in [2.45, 2.75) is 13.8 Å². The molecule has 0 bridgehead atoms. The number of benzene rings is 1. The number of hydrogen-bond acceptors (Lipinski definition) is 4. The van der Waals surface area contributed by atoms with Crippen molar-refractivity contribution in [3.63, 3.8) is 0 Å². The van der Waals surface area contributed by atoms with Crippen molar-refractivity contribution < 1.29 is 9.59 Å². The van der Waals surface area contributed by atoms with E-state index in [1.165, 1.54) is 24.5 Å². The summed E-state index contributed by atoms with van der Waals surface area (Å²) in [6.07, 6.45) is 1.47. The monoisotopic (exact) mass is 260 g/mol. The molecule has 1 heterocycles. The van der Waals surface area contributed by atoms with Crippen LogP contribution >= 0.6 is 11.3 Å². The van der Waals surface area contributed by atoms with E-state index in [-0.39, 0.29) is 11.7 Å². The number of aromatic nitrogens is 1. The lowest BCUT2D eigenvalue weighted by Crippen LogP contribution is -2.11. The van der Waals surface area contributed by atoms with Gasteiger partial charge in [-0.2, -0.15) is 0 Å². The van der Waals surface area contributed by atoms with Gasteiger partial charge in [-0.05, 0) is 19.1 Å². The Bertz CT molecular complexity index is 587. The summed E-state index contributed by atoms with van der Waals surface area (Å²) in [5.41, 5.74) is 1.67. The van der Waals surface area contributed by atoms with Crippen LogP contribution in [0.3, 0.4) is 0 Å². The number of amides is 1. The third kappa shape index (κ3) is 2.81. The number of anilines is 1. The van der Waals surface area contributed by atoms with Crippen molar-refractivity contribution in [2.24, 2.45) is 0 Å². The Hall–Kier alpha value is -2.01. The smallest absolute Gasteiger partial charge is 0.257 e. The fourth-order valence-corrected chi connectivity index (χ4v) is 2.08. The summed E-state index contributed by atoms with van der Waals surface area (Å²) in [5.74, 6) is -0.275. The predicted octanol–water partition coefficient (Wildman–Crippen LogP) is 2.91. The molecule has 1 aromatic heterocycles. The van der Waals surface area contributed by atoms with E-state index in [1.807, 2.05) is 19.1 Å². The Labute approximate surface area is 109 Å². The Morgan fingerprint density at radius 3 is 2.44 bits per heavy atom. The number of carbonyl (C=O) groups is 2. The topological polar surface area (TPSA) is 59.1 Å². The highest BCUT2D eigenvalue weighted by molar-refractivity contribution is 7.17. The molecular weight excluding hydrogens is 248 g/mol. The molecule has 0 fully saturated rings. The molecule has 92 valence electrons. The summed E-state index contributed by atoms with van der Waals surface area (Å²) in [5, 5.41) is 3.11. The van der Waals surface area contributed by atoms with Gasteiger partial charge in [-0.25, -0.2) is 4.98 Å². The Balaban J connectivity index is 2.11. The Morgan fingerprint density at radius 1 is 1.22 bits per heavy atom. The summed E-state index contributed by atoms with van der Waals surface area (Å²) in [6, 6.07) is 7.25. The van der Waals surface area contributed by atoms with Gasteiger partial charge >= 0.3 is 0 Å². The molecule has 2 rings (SSSR count). The molecule has 0 aliphatic heterocycles. The lowest BCUT2D eigenvalue weighted by atomic mass is 10.1. The molecule has 0 radical (unpaired) electrons. The number of nitrogens with zero attached hydrogens (tertiary/aromatic N) is 1.